The minimum atomic E-state index is -0.959. The molecular weight excluding hydrogens is 226 g/mol. The zero-order valence-corrected chi connectivity index (χ0v) is 11.0. The molecule has 2 rings (SSSR count). The predicted molar refractivity (Wildman–Crippen MR) is 73.4 cm³/mol. The van der Waals surface area contributed by atoms with Gasteiger partial charge in [0.1, 0.15) is 6.04 Å². The molecule has 0 saturated heterocycles. The Morgan fingerprint density at radius 1 is 1.33 bits per heavy atom. The Kier molecular flexibility index (Phi) is 6.44. The molecule has 0 unspecified atom stereocenters. The average Bonchev–Trinajstić information content (AvgIpc) is 2.82. The normalized spacial score (nSPS) is 16.8. The third kappa shape index (κ3) is 5.82. The first-order valence-electron chi connectivity index (χ1n) is 6.62. The van der Waals surface area contributed by atoms with Crippen LogP contribution in [0.2, 0.25) is 0 Å². The zero-order chi connectivity index (χ0) is 13.4. The molecule has 1 fully saturated rings. The van der Waals surface area contributed by atoms with Crippen molar-refractivity contribution in [3.63, 3.8) is 0 Å². The van der Waals surface area contributed by atoms with Crippen molar-refractivity contribution >= 4 is 5.97 Å². The van der Waals surface area contributed by atoms with Crippen LogP contribution in [-0.2, 0) is 11.2 Å². The van der Waals surface area contributed by atoms with Gasteiger partial charge in [0.2, 0.25) is 0 Å². The summed E-state index contributed by atoms with van der Waals surface area (Å²) in [5.41, 5.74) is 6.30. The lowest BCUT2D eigenvalue weighted by Gasteiger charge is -2.04. The summed E-state index contributed by atoms with van der Waals surface area (Å²) in [7, 11) is 0. The van der Waals surface area contributed by atoms with Crippen LogP contribution in [0.3, 0.4) is 0 Å². The molecule has 0 radical (unpaired) electrons. The number of aliphatic carboxylic acids is 1. The van der Waals surface area contributed by atoms with Crippen molar-refractivity contribution < 1.29 is 9.90 Å². The molecule has 1 atom stereocenters. The Bertz CT molecular complexity index is 345. The van der Waals surface area contributed by atoms with Gasteiger partial charge in [-0.1, -0.05) is 62.9 Å². The van der Waals surface area contributed by atoms with Gasteiger partial charge in [0.15, 0.2) is 0 Å². The zero-order valence-electron chi connectivity index (χ0n) is 11.0. The molecule has 1 aromatic carbocycles. The molecule has 0 aromatic heterocycles. The van der Waals surface area contributed by atoms with Crippen molar-refractivity contribution in [3.8, 4) is 0 Å². The van der Waals surface area contributed by atoms with E-state index in [4.69, 9.17) is 10.8 Å². The molecule has 18 heavy (non-hydrogen) atoms. The number of rotatable bonds is 3. The van der Waals surface area contributed by atoms with Crippen molar-refractivity contribution in [2.45, 2.75) is 45.1 Å². The minimum absolute atomic E-state index is 0.385. The average molecular weight is 249 g/mol. The van der Waals surface area contributed by atoms with E-state index in [9.17, 15) is 4.79 Å². The fourth-order valence-electron chi connectivity index (χ4n) is 2.09. The van der Waals surface area contributed by atoms with E-state index in [1.54, 1.807) is 0 Å². The van der Waals surface area contributed by atoms with E-state index in [1.807, 2.05) is 30.3 Å². The van der Waals surface area contributed by atoms with Crippen LogP contribution >= 0.6 is 0 Å². The number of benzene rings is 1. The Balaban J connectivity index is 0.000000225. The van der Waals surface area contributed by atoms with E-state index in [2.05, 4.69) is 6.92 Å². The molecule has 3 N–H and O–H groups in total. The van der Waals surface area contributed by atoms with Crippen molar-refractivity contribution in [2.24, 2.45) is 11.7 Å². The Morgan fingerprint density at radius 3 is 2.28 bits per heavy atom. The second kappa shape index (κ2) is 7.88. The van der Waals surface area contributed by atoms with Gasteiger partial charge < -0.3 is 10.8 Å². The SMILES string of the molecule is CC1CCCC1.N[C@@H](Cc1ccccc1)C(=O)O. The third-order valence-electron chi connectivity index (χ3n) is 3.26. The van der Waals surface area contributed by atoms with Crippen LogP contribution < -0.4 is 5.73 Å². The maximum absolute atomic E-state index is 10.4. The van der Waals surface area contributed by atoms with Gasteiger partial charge >= 0.3 is 5.97 Å². The molecule has 0 heterocycles. The molecule has 3 nitrogen and oxygen atoms in total. The summed E-state index contributed by atoms with van der Waals surface area (Å²) in [6.45, 7) is 2.34. The molecule has 1 saturated carbocycles. The van der Waals surface area contributed by atoms with Gasteiger partial charge in [-0.3, -0.25) is 4.79 Å². The number of nitrogens with two attached hydrogens (primary N) is 1. The summed E-state index contributed by atoms with van der Waals surface area (Å²) >= 11 is 0. The van der Waals surface area contributed by atoms with Crippen LogP contribution in [-0.4, -0.2) is 17.1 Å². The van der Waals surface area contributed by atoms with Gasteiger partial charge in [-0.2, -0.15) is 0 Å². The quantitative estimate of drug-likeness (QED) is 0.865. The second-order valence-corrected chi connectivity index (χ2v) is 5.02. The summed E-state index contributed by atoms with van der Waals surface area (Å²) in [5.74, 6) is 0.0869. The summed E-state index contributed by atoms with van der Waals surface area (Å²) in [5, 5.41) is 8.52. The first kappa shape index (κ1) is 14.7. The van der Waals surface area contributed by atoms with Crippen LogP contribution in [0.4, 0.5) is 0 Å². The van der Waals surface area contributed by atoms with Crippen LogP contribution in [0.25, 0.3) is 0 Å². The maximum atomic E-state index is 10.4. The third-order valence-corrected chi connectivity index (χ3v) is 3.26. The lowest BCUT2D eigenvalue weighted by atomic mass is 10.1. The highest BCUT2D eigenvalue weighted by molar-refractivity contribution is 5.73. The highest BCUT2D eigenvalue weighted by Crippen LogP contribution is 2.22. The summed E-state index contributed by atoms with van der Waals surface area (Å²) in [4.78, 5) is 10.4. The van der Waals surface area contributed by atoms with Gasteiger partial charge in [0.25, 0.3) is 0 Å². The lowest BCUT2D eigenvalue weighted by molar-refractivity contribution is -0.138. The monoisotopic (exact) mass is 249 g/mol. The number of carbonyl (C=O) groups is 1. The number of carboxylic acids is 1. The highest BCUT2D eigenvalue weighted by atomic mass is 16.4. The van der Waals surface area contributed by atoms with Gasteiger partial charge in [-0.05, 0) is 17.9 Å². The molecule has 0 bridgehead atoms. The summed E-state index contributed by atoms with van der Waals surface area (Å²) in [6.07, 6.45) is 6.33. The van der Waals surface area contributed by atoms with E-state index in [-0.39, 0.29) is 0 Å². The van der Waals surface area contributed by atoms with Crippen molar-refractivity contribution in [1.82, 2.24) is 0 Å². The van der Waals surface area contributed by atoms with Crippen molar-refractivity contribution in [2.75, 3.05) is 0 Å². The highest BCUT2D eigenvalue weighted by Gasteiger charge is 2.11. The molecule has 1 aliphatic carbocycles. The minimum Gasteiger partial charge on any atom is -0.480 e. The second-order valence-electron chi connectivity index (χ2n) is 5.02. The van der Waals surface area contributed by atoms with Gasteiger partial charge in [-0.15, -0.1) is 0 Å². The van der Waals surface area contributed by atoms with Gasteiger partial charge in [0, 0.05) is 0 Å². The predicted octanol–water partition coefficient (Wildman–Crippen LogP) is 2.84. The molecule has 1 aromatic rings. The van der Waals surface area contributed by atoms with E-state index < -0.39 is 12.0 Å². The van der Waals surface area contributed by atoms with Crippen LogP contribution in [0.5, 0.6) is 0 Å². The fourth-order valence-corrected chi connectivity index (χ4v) is 2.09. The smallest absolute Gasteiger partial charge is 0.320 e. The van der Waals surface area contributed by atoms with Crippen molar-refractivity contribution in [1.29, 1.82) is 0 Å². The van der Waals surface area contributed by atoms with Crippen LogP contribution in [0.15, 0.2) is 30.3 Å². The first-order chi connectivity index (χ1) is 8.59. The lowest BCUT2D eigenvalue weighted by Crippen LogP contribution is -2.32. The van der Waals surface area contributed by atoms with E-state index in [0.29, 0.717) is 6.42 Å². The number of carboxylic acid groups (broad SMARTS) is 1. The van der Waals surface area contributed by atoms with Crippen LogP contribution in [0, 0.1) is 5.92 Å². The molecule has 1 aliphatic rings. The van der Waals surface area contributed by atoms with Crippen molar-refractivity contribution in [3.05, 3.63) is 35.9 Å². The largest absolute Gasteiger partial charge is 0.480 e. The van der Waals surface area contributed by atoms with Gasteiger partial charge in [0.05, 0.1) is 0 Å². The molecular formula is C15H23NO2. The fraction of sp³-hybridized carbons (Fsp3) is 0.533. The van der Waals surface area contributed by atoms with Crippen LogP contribution in [0.1, 0.15) is 38.2 Å². The maximum Gasteiger partial charge on any atom is 0.320 e. The standard InChI is InChI=1S/C9H11NO2.C6H12/c10-8(9(11)12)6-7-4-2-1-3-5-7;1-6-4-2-3-5-6/h1-5,8H,6,10H2,(H,11,12);6H,2-5H2,1H3/t8-;/m0./s1. The molecule has 100 valence electrons. The molecule has 0 aliphatic heterocycles. The number of hydrogen-bond donors (Lipinski definition) is 2. The Labute approximate surface area is 109 Å². The molecule has 0 amide bonds. The summed E-state index contributed by atoms with van der Waals surface area (Å²) in [6, 6.07) is 8.54. The van der Waals surface area contributed by atoms with E-state index >= 15 is 0 Å². The Morgan fingerprint density at radius 2 is 1.89 bits per heavy atom. The topological polar surface area (TPSA) is 63.3 Å². The van der Waals surface area contributed by atoms with E-state index in [1.165, 1.54) is 25.7 Å². The van der Waals surface area contributed by atoms with Gasteiger partial charge in [-0.25, -0.2) is 0 Å². The Hall–Kier alpha value is -1.35. The summed E-state index contributed by atoms with van der Waals surface area (Å²) < 4.78 is 0. The molecule has 3 heteroatoms. The molecule has 0 spiro atoms. The number of hydrogen-bond acceptors (Lipinski definition) is 2. The first-order valence-corrected chi connectivity index (χ1v) is 6.62. The van der Waals surface area contributed by atoms with E-state index in [0.717, 1.165) is 11.5 Å².